The van der Waals surface area contributed by atoms with Crippen LogP contribution in [-0.4, -0.2) is 36.5 Å². The standard InChI is InChI=1S/C13H20N2O2S/c1-9(14)11-5-3-4-6-15(11)13(16)12-7-10(17-2)8-18-12/h7-9,11H,3-6,14H2,1-2H3/t9-,11-/m0/s1. The van der Waals surface area contributed by atoms with Gasteiger partial charge in [-0.2, -0.15) is 0 Å². The maximum absolute atomic E-state index is 12.5. The van der Waals surface area contributed by atoms with E-state index in [9.17, 15) is 4.79 Å². The molecule has 1 fully saturated rings. The Labute approximate surface area is 112 Å². The SMILES string of the molecule is COc1csc(C(=O)N2CCCC[C@H]2[C@H](C)N)c1. The molecule has 1 aliphatic rings. The average Bonchev–Trinajstić information content (AvgIpc) is 2.86. The molecule has 2 atom stereocenters. The molecule has 0 spiro atoms. The van der Waals surface area contributed by atoms with Gasteiger partial charge in [-0.3, -0.25) is 4.79 Å². The highest BCUT2D eigenvalue weighted by atomic mass is 32.1. The maximum Gasteiger partial charge on any atom is 0.264 e. The van der Waals surface area contributed by atoms with Crippen molar-refractivity contribution in [2.75, 3.05) is 13.7 Å². The molecule has 18 heavy (non-hydrogen) atoms. The van der Waals surface area contributed by atoms with Gasteiger partial charge in [0.1, 0.15) is 5.75 Å². The molecule has 0 aliphatic carbocycles. The van der Waals surface area contributed by atoms with Gasteiger partial charge < -0.3 is 15.4 Å². The molecule has 1 aromatic heterocycles. The third kappa shape index (κ3) is 2.67. The second-order valence-corrected chi connectivity index (χ2v) is 5.68. The second-order valence-electron chi connectivity index (χ2n) is 4.77. The summed E-state index contributed by atoms with van der Waals surface area (Å²) in [5.41, 5.74) is 5.99. The van der Waals surface area contributed by atoms with Crippen LogP contribution in [0.1, 0.15) is 35.9 Å². The molecule has 0 radical (unpaired) electrons. The first-order chi connectivity index (χ1) is 8.63. The number of likely N-dealkylation sites (tertiary alicyclic amines) is 1. The number of amides is 1. The number of nitrogens with zero attached hydrogens (tertiary/aromatic N) is 1. The lowest BCUT2D eigenvalue weighted by atomic mass is 9.97. The molecule has 0 saturated carbocycles. The molecule has 5 heteroatoms. The van der Waals surface area contributed by atoms with Crippen molar-refractivity contribution in [2.24, 2.45) is 5.73 Å². The van der Waals surface area contributed by atoms with E-state index >= 15 is 0 Å². The lowest BCUT2D eigenvalue weighted by molar-refractivity contribution is 0.0588. The fourth-order valence-corrected chi connectivity index (χ4v) is 3.25. The van der Waals surface area contributed by atoms with Crippen LogP contribution in [0.5, 0.6) is 5.75 Å². The van der Waals surface area contributed by atoms with Crippen LogP contribution in [0.2, 0.25) is 0 Å². The van der Waals surface area contributed by atoms with E-state index < -0.39 is 0 Å². The summed E-state index contributed by atoms with van der Waals surface area (Å²) in [4.78, 5) is 15.1. The van der Waals surface area contributed by atoms with E-state index in [0.717, 1.165) is 36.4 Å². The molecule has 100 valence electrons. The van der Waals surface area contributed by atoms with Crippen LogP contribution in [0.3, 0.4) is 0 Å². The lowest BCUT2D eigenvalue weighted by Gasteiger charge is -2.37. The van der Waals surface area contributed by atoms with Crippen molar-refractivity contribution in [3.8, 4) is 5.75 Å². The first kappa shape index (κ1) is 13.4. The molecule has 2 N–H and O–H groups in total. The number of thiophene rings is 1. The van der Waals surface area contributed by atoms with Gasteiger partial charge in [0.05, 0.1) is 12.0 Å². The highest BCUT2D eigenvalue weighted by Crippen LogP contribution is 2.26. The van der Waals surface area contributed by atoms with Crippen LogP contribution < -0.4 is 10.5 Å². The van der Waals surface area contributed by atoms with Crippen molar-refractivity contribution in [1.29, 1.82) is 0 Å². The smallest absolute Gasteiger partial charge is 0.264 e. The minimum atomic E-state index is 0.0242. The van der Waals surface area contributed by atoms with Gasteiger partial charge >= 0.3 is 0 Å². The zero-order valence-electron chi connectivity index (χ0n) is 10.9. The second kappa shape index (κ2) is 5.71. The number of piperidine rings is 1. The largest absolute Gasteiger partial charge is 0.496 e. The van der Waals surface area contributed by atoms with Gasteiger partial charge in [-0.25, -0.2) is 0 Å². The number of ether oxygens (including phenoxy) is 1. The van der Waals surface area contributed by atoms with Crippen molar-refractivity contribution >= 4 is 17.2 Å². The first-order valence-electron chi connectivity index (χ1n) is 6.32. The quantitative estimate of drug-likeness (QED) is 0.913. The Balaban J connectivity index is 2.15. The molecule has 0 bridgehead atoms. The van der Waals surface area contributed by atoms with E-state index in [-0.39, 0.29) is 18.0 Å². The zero-order chi connectivity index (χ0) is 13.1. The third-order valence-electron chi connectivity index (χ3n) is 3.44. The Morgan fingerprint density at radius 1 is 1.61 bits per heavy atom. The molecular formula is C13H20N2O2S. The van der Waals surface area contributed by atoms with Crippen LogP contribution in [-0.2, 0) is 0 Å². The highest BCUT2D eigenvalue weighted by Gasteiger charge is 2.30. The van der Waals surface area contributed by atoms with E-state index in [2.05, 4.69) is 0 Å². The lowest BCUT2D eigenvalue weighted by Crippen LogP contribution is -2.51. The zero-order valence-corrected chi connectivity index (χ0v) is 11.7. The van der Waals surface area contributed by atoms with Crippen LogP contribution >= 0.6 is 11.3 Å². The third-order valence-corrected chi connectivity index (χ3v) is 4.34. The summed E-state index contributed by atoms with van der Waals surface area (Å²) >= 11 is 1.43. The van der Waals surface area contributed by atoms with Gasteiger partial charge in [-0.05, 0) is 26.2 Å². The van der Waals surface area contributed by atoms with E-state index in [1.807, 2.05) is 17.2 Å². The normalized spacial score (nSPS) is 21.7. The van der Waals surface area contributed by atoms with Crippen molar-refractivity contribution in [3.05, 3.63) is 16.3 Å². The molecular weight excluding hydrogens is 248 g/mol. The first-order valence-corrected chi connectivity index (χ1v) is 7.20. The van der Waals surface area contributed by atoms with Crippen molar-refractivity contribution in [1.82, 2.24) is 4.90 Å². The average molecular weight is 268 g/mol. The molecule has 2 rings (SSSR count). The number of carbonyl (C=O) groups is 1. The molecule has 1 aromatic rings. The van der Waals surface area contributed by atoms with Crippen molar-refractivity contribution in [2.45, 2.75) is 38.3 Å². The van der Waals surface area contributed by atoms with Crippen molar-refractivity contribution < 1.29 is 9.53 Å². The van der Waals surface area contributed by atoms with Crippen LogP contribution in [0.25, 0.3) is 0 Å². The number of methoxy groups -OCH3 is 1. The summed E-state index contributed by atoms with van der Waals surface area (Å²) < 4.78 is 5.12. The number of rotatable bonds is 3. The maximum atomic E-state index is 12.5. The number of nitrogens with two attached hydrogens (primary N) is 1. The topological polar surface area (TPSA) is 55.6 Å². The van der Waals surface area contributed by atoms with Crippen LogP contribution in [0.4, 0.5) is 0 Å². The van der Waals surface area contributed by atoms with Gasteiger partial charge in [-0.1, -0.05) is 0 Å². The predicted octanol–water partition coefficient (Wildman–Crippen LogP) is 2.10. The fourth-order valence-electron chi connectivity index (χ4n) is 2.44. The molecule has 2 heterocycles. The molecule has 0 unspecified atom stereocenters. The van der Waals surface area contributed by atoms with E-state index in [0.29, 0.717) is 0 Å². The fraction of sp³-hybridized carbons (Fsp3) is 0.615. The highest BCUT2D eigenvalue weighted by molar-refractivity contribution is 7.12. The van der Waals surface area contributed by atoms with E-state index in [1.54, 1.807) is 13.2 Å². The van der Waals surface area contributed by atoms with Gasteiger partial charge in [0, 0.05) is 30.1 Å². The van der Waals surface area contributed by atoms with Crippen LogP contribution in [0, 0.1) is 0 Å². The summed E-state index contributed by atoms with van der Waals surface area (Å²) in [5.74, 6) is 0.836. The Kier molecular flexibility index (Phi) is 4.24. The summed E-state index contributed by atoms with van der Waals surface area (Å²) in [6, 6.07) is 2.00. The Morgan fingerprint density at radius 3 is 3.00 bits per heavy atom. The van der Waals surface area contributed by atoms with E-state index in [1.165, 1.54) is 11.3 Å². The van der Waals surface area contributed by atoms with E-state index in [4.69, 9.17) is 10.5 Å². The minimum absolute atomic E-state index is 0.0242. The summed E-state index contributed by atoms with van der Waals surface area (Å²) in [6.07, 6.45) is 3.23. The van der Waals surface area contributed by atoms with Gasteiger partial charge in [0.2, 0.25) is 0 Å². The summed E-state index contributed by atoms with van der Waals surface area (Å²) in [5, 5.41) is 1.86. The number of carbonyl (C=O) groups excluding carboxylic acids is 1. The number of hydrogen-bond donors (Lipinski definition) is 1. The number of hydrogen-bond acceptors (Lipinski definition) is 4. The molecule has 1 aliphatic heterocycles. The molecule has 4 nitrogen and oxygen atoms in total. The van der Waals surface area contributed by atoms with Gasteiger partial charge in [-0.15, -0.1) is 11.3 Å². The van der Waals surface area contributed by atoms with Gasteiger partial charge in [0.25, 0.3) is 5.91 Å². The summed E-state index contributed by atoms with van der Waals surface area (Å²) in [6.45, 7) is 2.79. The monoisotopic (exact) mass is 268 g/mol. The molecule has 1 saturated heterocycles. The Hall–Kier alpha value is -1.07. The van der Waals surface area contributed by atoms with Gasteiger partial charge in [0.15, 0.2) is 0 Å². The molecule has 0 aromatic carbocycles. The van der Waals surface area contributed by atoms with Crippen molar-refractivity contribution in [3.63, 3.8) is 0 Å². The molecule has 1 amide bonds. The Bertz CT molecular complexity index is 417. The summed E-state index contributed by atoms with van der Waals surface area (Å²) in [7, 11) is 1.61. The Morgan fingerprint density at radius 2 is 2.39 bits per heavy atom. The minimum Gasteiger partial charge on any atom is -0.496 e. The van der Waals surface area contributed by atoms with Crippen LogP contribution in [0.15, 0.2) is 11.4 Å². The predicted molar refractivity (Wildman–Crippen MR) is 73.2 cm³/mol.